The van der Waals surface area contributed by atoms with Crippen LogP contribution >= 0.6 is 69.6 Å². The van der Waals surface area contributed by atoms with Crippen molar-refractivity contribution in [2.24, 2.45) is 0 Å². The fourth-order valence-electron chi connectivity index (χ4n) is 8.41. The molecule has 0 radical (unpaired) electrons. The highest BCUT2D eigenvalue weighted by molar-refractivity contribution is 6.33. The van der Waals surface area contributed by atoms with Crippen molar-refractivity contribution in [2.45, 2.75) is 0 Å². The van der Waals surface area contributed by atoms with Gasteiger partial charge in [-0.2, -0.15) is 39.9 Å². The number of benzene rings is 9. The van der Waals surface area contributed by atoms with Crippen LogP contribution < -0.4 is 0 Å². The molecule has 15 heteroatoms. The van der Waals surface area contributed by atoms with E-state index in [4.69, 9.17) is 74.6 Å². The van der Waals surface area contributed by atoms with Crippen LogP contribution in [0.3, 0.4) is 0 Å². The van der Waals surface area contributed by atoms with Crippen molar-refractivity contribution in [3.8, 4) is 101 Å². The van der Waals surface area contributed by atoms with Crippen LogP contribution in [0.15, 0.2) is 237 Å². The average Bonchev–Trinajstić information content (AvgIpc) is 3.49. The van der Waals surface area contributed by atoms with Gasteiger partial charge >= 0.3 is 0 Å². The van der Waals surface area contributed by atoms with Crippen LogP contribution in [-0.4, -0.2) is 44.9 Å². The van der Waals surface area contributed by atoms with Crippen LogP contribution in [-0.2, 0) is 0 Å². The Bertz CT molecular complexity index is 3810. The fraction of sp³-hybridized carbons (Fsp3) is 0. The van der Waals surface area contributed by atoms with E-state index in [-0.39, 0.29) is 31.7 Å². The zero-order valence-corrected chi connectivity index (χ0v) is 45.3. The normalized spacial score (nSPS) is 10.7. The van der Waals surface area contributed by atoms with E-state index >= 15 is 0 Å². The quantitative estimate of drug-likeness (QED) is 0.139. The third-order valence-electron chi connectivity index (χ3n) is 12.0. The van der Waals surface area contributed by atoms with E-state index in [9.17, 15) is 0 Å². The molecule has 0 saturated heterocycles. The highest BCUT2D eigenvalue weighted by atomic mass is 35.5. The summed E-state index contributed by atoms with van der Waals surface area (Å²) in [7, 11) is 0. The van der Waals surface area contributed by atoms with Gasteiger partial charge in [0.25, 0.3) is 0 Å². The summed E-state index contributed by atoms with van der Waals surface area (Å²) >= 11 is 34.3. The van der Waals surface area contributed by atoms with E-state index in [1.54, 1.807) is 0 Å². The van der Waals surface area contributed by atoms with Crippen LogP contribution in [0.2, 0.25) is 31.7 Å². The zero-order valence-electron chi connectivity index (χ0n) is 40.8. The summed E-state index contributed by atoms with van der Waals surface area (Å²) in [6, 6.07) is 81.1. The smallest absolute Gasteiger partial charge is 0.208 e. The molecule has 12 rings (SSSR count). The number of nitrogens with zero attached hydrogens (tertiary/aromatic N) is 9. The maximum Gasteiger partial charge on any atom is 0.227 e. The Morgan fingerprint density at radius 1 is 0.154 bits per heavy atom. The van der Waals surface area contributed by atoms with Gasteiger partial charge in [0, 0.05) is 16.7 Å². The number of halogens is 6. The molecule has 0 bridgehead atoms. The number of aromatic nitrogens is 9. The molecule has 0 aliphatic rings. The Hall–Kier alpha value is -8.25. The maximum atomic E-state index is 6.32. The molecular formula is C63H39Cl6N9. The van der Waals surface area contributed by atoms with E-state index in [2.05, 4.69) is 192 Å². The van der Waals surface area contributed by atoms with Gasteiger partial charge in [0.1, 0.15) is 0 Å². The minimum atomic E-state index is 0.000000000000000444. The number of rotatable bonds is 9. The van der Waals surface area contributed by atoms with Crippen LogP contribution in [0.5, 0.6) is 0 Å². The van der Waals surface area contributed by atoms with Crippen LogP contribution in [0, 0.1) is 0 Å². The molecule has 3 aromatic heterocycles. The molecule has 0 saturated carbocycles. The summed E-state index contributed by atoms with van der Waals surface area (Å²) < 4.78 is 0. The van der Waals surface area contributed by atoms with Gasteiger partial charge in [0.2, 0.25) is 31.7 Å². The van der Waals surface area contributed by atoms with Gasteiger partial charge in [-0.25, -0.2) is 4.98 Å². The van der Waals surface area contributed by atoms with Crippen molar-refractivity contribution in [3.63, 3.8) is 0 Å². The molecule has 9 nitrogen and oxygen atoms in total. The van der Waals surface area contributed by atoms with Crippen molar-refractivity contribution < 1.29 is 0 Å². The van der Waals surface area contributed by atoms with Crippen molar-refractivity contribution in [1.29, 1.82) is 0 Å². The van der Waals surface area contributed by atoms with Crippen molar-refractivity contribution in [1.82, 2.24) is 44.9 Å². The van der Waals surface area contributed by atoms with Gasteiger partial charge in [0.15, 0.2) is 17.5 Å². The fourth-order valence-corrected chi connectivity index (χ4v) is 9.54. The molecule has 0 amide bonds. The summed E-state index contributed by atoms with van der Waals surface area (Å²) in [5.41, 5.74) is 16.2. The first-order chi connectivity index (χ1) is 38.1. The molecule has 0 unspecified atom stereocenters. The Morgan fingerprint density at radius 3 is 0.654 bits per heavy atom. The maximum absolute atomic E-state index is 6.32. The van der Waals surface area contributed by atoms with E-state index in [1.807, 2.05) is 84.9 Å². The summed E-state index contributed by atoms with van der Waals surface area (Å²) in [6.45, 7) is 0. The third kappa shape index (κ3) is 13.8. The SMILES string of the molecule is Clc1nc(-c2ccccc2)nc(-c2cccc(-c3cc(-c4ccccc4)cc(-c4ccccc4)c3)c2)n1.Clc1nc(Cl)nc(-c2cccc(-c3cc(-c4ccccc4)cc(-c4ccccc4)c3)c2)n1.Clc1nc(Cl)nc(Cl)n1. The molecule has 378 valence electrons. The van der Waals surface area contributed by atoms with Gasteiger partial charge in [-0.3, -0.25) is 0 Å². The van der Waals surface area contributed by atoms with Crippen molar-refractivity contribution in [3.05, 3.63) is 268 Å². The Kier molecular flexibility index (Phi) is 17.2. The molecule has 0 spiro atoms. The highest BCUT2D eigenvalue weighted by Gasteiger charge is 2.14. The summed E-state index contributed by atoms with van der Waals surface area (Å²) in [5, 5.41) is 0.317. The first kappa shape index (κ1) is 53.2. The largest absolute Gasteiger partial charge is 0.227 e. The molecule has 0 fully saturated rings. The lowest BCUT2D eigenvalue weighted by Crippen LogP contribution is -1.97. The van der Waals surface area contributed by atoms with Gasteiger partial charge in [-0.05, 0) is 185 Å². The predicted molar refractivity (Wildman–Crippen MR) is 318 cm³/mol. The first-order valence-corrected chi connectivity index (χ1v) is 26.3. The van der Waals surface area contributed by atoms with E-state index in [0.29, 0.717) is 17.5 Å². The van der Waals surface area contributed by atoms with Gasteiger partial charge in [-0.1, -0.05) is 188 Å². The van der Waals surface area contributed by atoms with E-state index in [1.165, 1.54) is 22.3 Å². The molecule has 0 aliphatic heterocycles. The summed E-state index contributed by atoms with van der Waals surface area (Å²) in [6.07, 6.45) is 0. The molecule has 0 N–H and O–H groups in total. The topological polar surface area (TPSA) is 116 Å². The predicted octanol–water partition coefficient (Wildman–Crippen LogP) is 18.5. The minimum absolute atomic E-state index is 0.000000000000000444. The second-order valence-corrected chi connectivity index (χ2v) is 19.2. The number of hydrogen-bond acceptors (Lipinski definition) is 9. The minimum Gasteiger partial charge on any atom is -0.208 e. The summed E-state index contributed by atoms with van der Waals surface area (Å²) in [4.78, 5) is 36.2. The Morgan fingerprint density at radius 2 is 0.346 bits per heavy atom. The molecule has 78 heavy (non-hydrogen) atoms. The molecule has 0 aliphatic carbocycles. The van der Waals surface area contributed by atoms with E-state index < -0.39 is 0 Å². The summed E-state index contributed by atoms with van der Waals surface area (Å²) in [5.74, 6) is 1.54. The number of hydrogen-bond donors (Lipinski definition) is 0. The lowest BCUT2D eigenvalue weighted by atomic mass is 9.93. The zero-order chi connectivity index (χ0) is 53.8. The first-order valence-electron chi connectivity index (χ1n) is 24.1. The monoisotopic (exact) mass is 1130 g/mol. The molecule has 12 aromatic rings. The van der Waals surface area contributed by atoms with Gasteiger partial charge in [0.05, 0.1) is 0 Å². The van der Waals surface area contributed by atoms with E-state index in [0.717, 1.165) is 61.2 Å². The standard InChI is InChI=1S/C33H22ClN3.C27H17Cl2N3.C3Cl3N3/c34-33-36-31(25-15-8-3-9-16-25)35-32(37-33)27-18-10-17-26(19-27)30-21-28(23-11-4-1-5-12-23)20-29(22-30)24-13-6-2-7-14-24;28-26-30-25(31-27(29)32-26)21-13-7-12-20(14-21)24-16-22(18-8-3-1-4-9-18)15-23(17-24)19-10-5-2-6-11-19;4-1-7-2(5)9-3(6)8-1/h1-22H;1-17H;. The average molecular weight is 1130 g/mol. The lowest BCUT2D eigenvalue weighted by molar-refractivity contribution is 1.05. The van der Waals surface area contributed by atoms with Gasteiger partial charge < -0.3 is 0 Å². The highest BCUT2D eigenvalue weighted by Crippen LogP contribution is 2.36. The van der Waals surface area contributed by atoms with Crippen LogP contribution in [0.4, 0.5) is 0 Å². The second kappa shape index (κ2) is 25.3. The second-order valence-electron chi connectivity index (χ2n) is 17.2. The molecule has 0 atom stereocenters. The Balaban J connectivity index is 0.000000153. The Labute approximate surface area is 480 Å². The van der Waals surface area contributed by atoms with Crippen molar-refractivity contribution >= 4 is 69.6 Å². The molecule has 9 aromatic carbocycles. The molecule has 3 heterocycles. The van der Waals surface area contributed by atoms with Crippen molar-refractivity contribution in [2.75, 3.05) is 0 Å². The lowest BCUT2D eigenvalue weighted by Gasteiger charge is -2.12. The third-order valence-corrected chi connectivity index (χ3v) is 13.0. The van der Waals surface area contributed by atoms with Crippen LogP contribution in [0.1, 0.15) is 0 Å². The molecular weight excluding hydrogens is 1100 g/mol. The van der Waals surface area contributed by atoms with Gasteiger partial charge in [-0.15, -0.1) is 0 Å². The van der Waals surface area contributed by atoms with Crippen LogP contribution in [0.25, 0.3) is 101 Å².